The fourth-order valence-electron chi connectivity index (χ4n) is 0.997. The Balaban J connectivity index is 3.02. The molecule has 0 atom stereocenters. The highest BCUT2D eigenvalue weighted by Crippen LogP contribution is 2.19. The first kappa shape index (κ1) is 9.56. The number of nitriles is 1. The molecule has 1 N–H and O–H groups in total. The van der Waals surface area contributed by atoms with Crippen LogP contribution in [-0.4, -0.2) is 11.7 Å². The molecule has 1 aromatic rings. The van der Waals surface area contributed by atoms with Crippen LogP contribution in [0.25, 0.3) is 0 Å². The molecule has 0 fully saturated rings. The van der Waals surface area contributed by atoms with Gasteiger partial charge in [0.2, 0.25) is 0 Å². The minimum atomic E-state index is 0.435. The molecule has 13 heavy (non-hydrogen) atoms. The molecule has 0 aliphatic heterocycles. The van der Waals surface area contributed by atoms with Crippen molar-refractivity contribution in [1.82, 2.24) is 0 Å². The van der Waals surface area contributed by atoms with Crippen molar-refractivity contribution in [2.45, 2.75) is 6.92 Å². The van der Waals surface area contributed by atoms with Crippen LogP contribution >= 0.6 is 0 Å². The predicted octanol–water partition coefficient (Wildman–Crippen LogP) is 1.84. The fraction of sp³-hybridized carbons (Fsp3) is 0.200. The maximum Gasteiger partial charge on any atom is 0.137 e. The molecule has 0 aliphatic carbocycles. The summed E-state index contributed by atoms with van der Waals surface area (Å²) in [5, 5.41) is 17.4. The Bertz CT molecular complexity index is 328. The molecule has 0 saturated heterocycles. The molecule has 0 bridgehead atoms. The van der Waals surface area contributed by atoms with Crippen LogP contribution in [0, 0.1) is 17.9 Å². The minimum Gasteiger partial charge on any atom is -0.492 e. The van der Waals surface area contributed by atoms with E-state index in [0.717, 1.165) is 6.61 Å². The molecule has 1 rings (SSSR count). The summed E-state index contributed by atoms with van der Waals surface area (Å²) in [6.45, 7) is 3.33. The summed E-state index contributed by atoms with van der Waals surface area (Å²) in [6, 6.07) is 6.93. The molecular weight excluding hydrogens is 166 g/mol. The van der Waals surface area contributed by atoms with Gasteiger partial charge in [0.1, 0.15) is 18.4 Å². The smallest absolute Gasteiger partial charge is 0.137 e. The summed E-state index contributed by atoms with van der Waals surface area (Å²) < 4.78 is 5.21. The monoisotopic (exact) mass is 176 g/mol. The molecule has 0 unspecified atom stereocenters. The van der Waals surface area contributed by atoms with Gasteiger partial charge in [-0.2, -0.15) is 5.26 Å². The molecular formula is C10H10NO2. The van der Waals surface area contributed by atoms with Gasteiger partial charge in [0.15, 0.2) is 0 Å². The van der Waals surface area contributed by atoms with Crippen LogP contribution in [0.15, 0.2) is 18.2 Å². The Hall–Kier alpha value is -1.53. The van der Waals surface area contributed by atoms with E-state index in [0.29, 0.717) is 23.5 Å². The third kappa shape index (κ3) is 2.20. The van der Waals surface area contributed by atoms with Crippen LogP contribution in [0.1, 0.15) is 18.1 Å². The summed E-state index contributed by atoms with van der Waals surface area (Å²) in [7, 11) is 0. The molecule has 0 aliphatic rings. The lowest BCUT2D eigenvalue weighted by Crippen LogP contribution is -1.95. The third-order valence-corrected chi connectivity index (χ3v) is 1.57. The SMILES string of the molecule is CCOc1ccc([CH]O)cc1C#N. The summed E-state index contributed by atoms with van der Waals surface area (Å²) in [6.07, 6.45) is 0. The van der Waals surface area contributed by atoms with Gasteiger partial charge in [0, 0.05) is 0 Å². The Morgan fingerprint density at radius 2 is 2.38 bits per heavy atom. The van der Waals surface area contributed by atoms with Crippen molar-refractivity contribution in [2.24, 2.45) is 0 Å². The second-order valence-electron chi connectivity index (χ2n) is 2.43. The van der Waals surface area contributed by atoms with Gasteiger partial charge < -0.3 is 9.84 Å². The summed E-state index contributed by atoms with van der Waals surface area (Å²) in [4.78, 5) is 0. The zero-order chi connectivity index (χ0) is 9.68. The summed E-state index contributed by atoms with van der Waals surface area (Å²) in [5.41, 5.74) is 1.03. The van der Waals surface area contributed by atoms with Gasteiger partial charge in [0.25, 0.3) is 0 Å². The average Bonchev–Trinajstić information content (AvgIpc) is 2.19. The van der Waals surface area contributed by atoms with Gasteiger partial charge >= 0.3 is 0 Å². The first-order chi connectivity index (χ1) is 6.31. The molecule has 3 nitrogen and oxygen atoms in total. The summed E-state index contributed by atoms with van der Waals surface area (Å²) in [5.74, 6) is 0.551. The van der Waals surface area contributed by atoms with Crippen molar-refractivity contribution in [1.29, 1.82) is 5.26 Å². The van der Waals surface area contributed by atoms with Crippen molar-refractivity contribution in [2.75, 3.05) is 6.61 Å². The molecule has 0 heterocycles. The van der Waals surface area contributed by atoms with Gasteiger partial charge in [-0.25, -0.2) is 0 Å². The van der Waals surface area contributed by atoms with E-state index in [4.69, 9.17) is 15.1 Å². The lowest BCUT2D eigenvalue weighted by molar-refractivity contribution is 0.339. The molecule has 0 spiro atoms. The van der Waals surface area contributed by atoms with Crippen molar-refractivity contribution in [3.8, 4) is 11.8 Å². The quantitative estimate of drug-likeness (QED) is 0.764. The van der Waals surface area contributed by atoms with E-state index in [1.165, 1.54) is 0 Å². The van der Waals surface area contributed by atoms with Gasteiger partial charge in [-0.15, -0.1) is 0 Å². The third-order valence-electron chi connectivity index (χ3n) is 1.57. The Morgan fingerprint density at radius 3 is 2.92 bits per heavy atom. The Kier molecular flexibility index (Phi) is 3.30. The second-order valence-corrected chi connectivity index (χ2v) is 2.43. The molecule has 0 saturated carbocycles. The highest BCUT2D eigenvalue weighted by molar-refractivity contribution is 5.46. The minimum absolute atomic E-state index is 0.435. The highest BCUT2D eigenvalue weighted by Gasteiger charge is 2.03. The molecule has 1 radical (unpaired) electrons. The van der Waals surface area contributed by atoms with Gasteiger partial charge in [0.05, 0.1) is 12.2 Å². The van der Waals surface area contributed by atoms with Crippen LogP contribution in [0.2, 0.25) is 0 Å². The number of hydrogen-bond donors (Lipinski definition) is 1. The lowest BCUT2D eigenvalue weighted by atomic mass is 10.1. The first-order valence-electron chi connectivity index (χ1n) is 3.96. The van der Waals surface area contributed by atoms with Gasteiger partial charge in [-0.05, 0) is 24.6 Å². The Morgan fingerprint density at radius 1 is 1.62 bits per heavy atom. The second kappa shape index (κ2) is 4.48. The largest absolute Gasteiger partial charge is 0.492 e. The zero-order valence-corrected chi connectivity index (χ0v) is 7.32. The first-order valence-corrected chi connectivity index (χ1v) is 3.96. The number of nitrogens with zero attached hydrogens (tertiary/aromatic N) is 1. The standard InChI is InChI=1S/C10H10NO2/c1-2-13-10-4-3-8(7-12)5-9(10)6-11/h3-5,7,12H,2H2,1H3. The molecule has 67 valence electrons. The van der Waals surface area contributed by atoms with Crippen molar-refractivity contribution in [3.05, 3.63) is 35.9 Å². The van der Waals surface area contributed by atoms with E-state index >= 15 is 0 Å². The van der Waals surface area contributed by atoms with E-state index in [9.17, 15) is 0 Å². The number of ether oxygens (including phenoxy) is 1. The molecule has 3 heteroatoms. The molecule has 0 aromatic heterocycles. The van der Waals surface area contributed by atoms with Crippen molar-refractivity contribution >= 4 is 0 Å². The van der Waals surface area contributed by atoms with E-state index in [2.05, 4.69) is 0 Å². The predicted molar refractivity (Wildman–Crippen MR) is 47.7 cm³/mol. The highest BCUT2D eigenvalue weighted by atomic mass is 16.5. The lowest BCUT2D eigenvalue weighted by Gasteiger charge is -2.05. The Labute approximate surface area is 77.2 Å². The van der Waals surface area contributed by atoms with Crippen LogP contribution in [-0.2, 0) is 0 Å². The van der Waals surface area contributed by atoms with Gasteiger partial charge in [-0.3, -0.25) is 0 Å². The molecule has 1 aromatic carbocycles. The maximum absolute atomic E-state index is 8.74. The van der Waals surface area contributed by atoms with E-state index in [1.807, 2.05) is 13.0 Å². The van der Waals surface area contributed by atoms with Crippen LogP contribution in [0.5, 0.6) is 5.75 Å². The maximum atomic E-state index is 8.74. The topological polar surface area (TPSA) is 53.2 Å². The van der Waals surface area contributed by atoms with Crippen LogP contribution in [0.4, 0.5) is 0 Å². The normalized spacial score (nSPS) is 9.31. The van der Waals surface area contributed by atoms with E-state index in [1.54, 1.807) is 18.2 Å². The van der Waals surface area contributed by atoms with Crippen LogP contribution in [0.3, 0.4) is 0 Å². The molecule has 0 amide bonds. The number of hydrogen-bond acceptors (Lipinski definition) is 3. The number of aliphatic hydroxyl groups is 1. The summed E-state index contributed by atoms with van der Waals surface area (Å²) >= 11 is 0. The zero-order valence-electron chi connectivity index (χ0n) is 7.32. The number of aliphatic hydroxyl groups excluding tert-OH is 1. The number of benzene rings is 1. The number of rotatable bonds is 3. The van der Waals surface area contributed by atoms with Crippen molar-refractivity contribution < 1.29 is 9.84 Å². The van der Waals surface area contributed by atoms with E-state index in [-0.39, 0.29) is 0 Å². The van der Waals surface area contributed by atoms with Gasteiger partial charge in [-0.1, -0.05) is 6.07 Å². The van der Waals surface area contributed by atoms with Crippen LogP contribution < -0.4 is 4.74 Å². The fourth-order valence-corrected chi connectivity index (χ4v) is 0.997. The average molecular weight is 176 g/mol. The van der Waals surface area contributed by atoms with Crippen molar-refractivity contribution in [3.63, 3.8) is 0 Å². The van der Waals surface area contributed by atoms with E-state index < -0.39 is 0 Å².